The van der Waals surface area contributed by atoms with E-state index >= 15 is 0 Å². The summed E-state index contributed by atoms with van der Waals surface area (Å²) in [6.45, 7) is 16.8. The summed E-state index contributed by atoms with van der Waals surface area (Å²) >= 11 is 0. The van der Waals surface area contributed by atoms with E-state index in [-0.39, 0.29) is 39.7 Å². The number of halogens is 2. The van der Waals surface area contributed by atoms with Gasteiger partial charge in [0.25, 0.3) is 0 Å². The minimum absolute atomic E-state index is 0. The lowest BCUT2D eigenvalue weighted by atomic mass is 9.55. The highest BCUT2D eigenvalue weighted by atomic mass is 35.5. The van der Waals surface area contributed by atoms with Crippen molar-refractivity contribution in [3.05, 3.63) is 28.8 Å². The van der Waals surface area contributed by atoms with Gasteiger partial charge in [-0.25, -0.2) is 0 Å². The first-order valence-corrected chi connectivity index (χ1v) is 16.2. The molecule has 4 aliphatic rings. The number of hydrogen-bond donors (Lipinski definition) is 1. The third-order valence-corrected chi connectivity index (χ3v) is 13.7. The molecule has 4 nitrogen and oxygen atoms in total. The predicted octanol–water partition coefficient (Wildman–Crippen LogP) is 7.31. The lowest BCUT2D eigenvalue weighted by Crippen LogP contribution is -2.44. The zero-order chi connectivity index (χ0) is 25.7. The highest BCUT2D eigenvalue weighted by Gasteiger charge is 2.54. The number of hydrogen-bond acceptors (Lipinski definition) is 6. The molecule has 1 aromatic rings. The number of benzene rings is 1. The summed E-state index contributed by atoms with van der Waals surface area (Å²) in [5, 5.41) is 3.70. The maximum Gasteiger partial charge on any atom is 0.139 e. The van der Waals surface area contributed by atoms with E-state index in [9.17, 15) is 4.79 Å². The molecule has 3 fully saturated rings. The van der Waals surface area contributed by atoms with Crippen molar-refractivity contribution >= 4 is 52.2 Å². The normalized spacial score (nSPS) is 32.6. The minimum Gasteiger partial charge on any atom is -0.496 e. The number of nitrogens with zero attached hydrogens (tertiary/aromatic N) is 1. The maximum atomic E-state index is 12.8. The van der Waals surface area contributed by atoms with Crippen LogP contribution in [0.5, 0.6) is 5.75 Å². The van der Waals surface area contributed by atoms with Crippen molar-refractivity contribution in [3.63, 3.8) is 0 Å². The van der Waals surface area contributed by atoms with E-state index in [0.717, 1.165) is 70.6 Å². The van der Waals surface area contributed by atoms with Crippen LogP contribution in [0.25, 0.3) is 0 Å². The Morgan fingerprint density at radius 3 is 2.50 bits per heavy atom. The van der Waals surface area contributed by atoms with E-state index in [0.29, 0.717) is 23.5 Å². The van der Waals surface area contributed by atoms with Crippen molar-refractivity contribution < 1.29 is 9.53 Å². The van der Waals surface area contributed by atoms with Crippen LogP contribution in [0.1, 0.15) is 89.3 Å². The fourth-order valence-electron chi connectivity index (χ4n) is 7.63. The topological polar surface area (TPSA) is 41.6 Å². The molecule has 1 saturated heterocycles. The minimum atomic E-state index is -0.0570. The van der Waals surface area contributed by atoms with Crippen molar-refractivity contribution in [2.75, 3.05) is 33.3 Å². The average molecular weight is 604 g/mol. The summed E-state index contributed by atoms with van der Waals surface area (Å²) in [7, 11) is 5.88. The molecule has 0 aromatic heterocycles. The molecular formula is C30H48Cl2N2O2S2. The Morgan fingerprint density at radius 2 is 1.76 bits per heavy atom. The highest BCUT2D eigenvalue weighted by molar-refractivity contribution is 8.77. The first-order chi connectivity index (χ1) is 17.0. The van der Waals surface area contributed by atoms with E-state index < -0.39 is 0 Å². The Labute approximate surface area is 251 Å². The lowest BCUT2D eigenvalue weighted by Gasteiger charge is -2.48. The van der Waals surface area contributed by atoms with Gasteiger partial charge in [0.05, 0.1) is 7.11 Å². The second-order valence-corrected chi connectivity index (χ2v) is 16.8. The van der Waals surface area contributed by atoms with Gasteiger partial charge in [-0.3, -0.25) is 9.69 Å². The molecule has 0 amide bonds. The van der Waals surface area contributed by atoms with E-state index in [1.807, 2.05) is 28.7 Å². The Bertz CT molecular complexity index is 1000. The van der Waals surface area contributed by atoms with Crippen molar-refractivity contribution in [1.82, 2.24) is 10.2 Å². The molecule has 1 N–H and O–H groups in total. The summed E-state index contributed by atoms with van der Waals surface area (Å²) in [4.78, 5) is 15.4. The Balaban J connectivity index is 0.00000200. The van der Waals surface area contributed by atoms with Crippen LogP contribution in [0.4, 0.5) is 0 Å². The largest absolute Gasteiger partial charge is 0.496 e. The number of rotatable bonds is 3. The fraction of sp³-hybridized carbons (Fsp3) is 0.767. The summed E-state index contributed by atoms with van der Waals surface area (Å²) in [6, 6.07) is 4.86. The van der Waals surface area contributed by atoms with Crippen LogP contribution in [0, 0.1) is 17.3 Å². The molecule has 0 unspecified atom stereocenters. The third kappa shape index (κ3) is 6.51. The molecule has 38 heavy (non-hydrogen) atoms. The summed E-state index contributed by atoms with van der Waals surface area (Å²) < 4.78 is 6.39. The number of Topliss-reactive ketones (excluding diaryl/α,β-unsaturated/α-hetero) is 1. The zero-order valence-corrected chi connectivity index (χ0v) is 27.3. The number of nitrogens with one attached hydrogen (secondary N) is 1. The zero-order valence-electron chi connectivity index (χ0n) is 24.1. The number of ketones is 1. The van der Waals surface area contributed by atoms with Crippen molar-refractivity contribution in [2.24, 2.45) is 17.3 Å². The smallest absolute Gasteiger partial charge is 0.139 e. The molecule has 1 aliphatic heterocycles. The Morgan fingerprint density at radius 1 is 1.03 bits per heavy atom. The average Bonchev–Trinajstić information content (AvgIpc) is 3.14. The number of methoxy groups -OCH3 is 1. The van der Waals surface area contributed by atoms with Gasteiger partial charge in [0.2, 0.25) is 0 Å². The second-order valence-electron chi connectivity index (χ2n) is 13.3. The van der Waals surface area contributed by atoms with E-state index in [2.05, 4.69) is 57.0 Å². The SMILES string of the molecule is COc1cc2c(cc1CN1CCNCC(C)(C)SSC(C)(C)C1)[C@H]1CC[C@]3(C)C(=O)CC[C@H]3[C@@H]1CC2.Cl.Cl. The van der Waals surface area contributed by atoms with Gasteiger partial charge in [-0.05, 0) is 94.7 Å². The number of ether oxygens (including phenoxy) is 1. The van der Waals surface area contributed by atoms with Gasteiger partial charge < -0.3 is 10.1 Å². The first-order valence-electron chi connectivity index (χ1n) is 14.0. The second kappa shape index (κ2) is 12.4. The van der Waals surface area contributed by atoms with Crippen molar-refractivity contribution in [1.29, 1.82) is 0 Å². The van der Waals surface area contributed by atoms with E-state index in [4.69, 9.17) is 4.74 Å². The number of aryl methyl sites for hydroxylation is 1. The van der Waals surface area contributed by atoms with Gasteiger partial charge in [-0.2, -0.15) is 0 Å². The van der Waals surface area contributed by atoms with Crippen molar-refractivity contribution in [2.45, 2.75) is 95.1 Å². The van der Waals surface area contributed by atoms with E-state index in [1.54, 1.807) is 5.56 Å². The van der Waals surface area contributed by atoms with E-state index in [1.165, 1.54) is 17.5 Å². The molecule has 0 radical (unpaired) electrons. The van der Waals surface area contributed by atoms with Crippen LogP contribution in [-0.2, 0) is 17.8 Å². The molecule has 0 spiro atoms. The Kier molecular flexibility index (Phi) is 10.6. The van der Waals surface area contributed by atoms with Gasteiger partial charge in [-0.1, -0.05) is 34.6 Å². The molecule has 2 saturated carbocycles. The fourth-order valence-corrected chi connectivity index (χ4v) is 10.2. The first kappa shape index (κ1) is 32.4. The van der Waals surface area contributed by atoms with Gasteiger partial charge in [0.1, 0.15) is 11.5 Å². The van der Waals surface area contributed by atoms with Gasteiger partial charge in [0.15, 0.2) is 0 Å². The van der Waals surface area contributed by atoms with Crippen LogP contribution in [0.3, 0.4) is 0 Å². The molecule has 8 heteroatoms. The lowest BCUT2D eigenvalue weighted by molar-refractivity contribution is -0.129. The van der Waals surface area contributed by atoms with Gasteiger partial charge in [0, 0.05) is 59.6 Å². The predicted molar refractivity (Wildman–Crippen MR) is 169 cm³/mol. The molecule has 5 rings (SSSR count). The van der Waals surface area contributed by atoms with Crippen molar-refractivity contribution in [3.8, 4) is 5.75 Å². The van der Waals surface area contributed by atoms with Crippen LogP contribution >= 0.6 is 46.4 Å². The molecule has 216 valence electrons. The maximum absolute atomic E-state index is 12.8. The number of carbonyl (C=O) groups is 1. The summed E-state index contributed by atoms with van der Waals surface area (Å²) in [6.07, 6.45) is 6.49. The monoisotopic (exact) mass is 602 g/mol. The molecule has 1 heterocycles. The van der Waals surface area contributed by atoms with Gasteiger partial charge in [-0.15, -0.1) is 24.8 Å². The van der Waals surface area contributed by atoms with Crippen LogP contribution < -0.4 is 10.1 Å². The third-order valence-electron chi connectivity index (χ3n) is 9.48. The quantitative estimate of drug-likeness (QED) is 0.366. The number of fused-ring (bicyclic) bond motifs is 5. The molecule has 1 aromatic carbocycles. The number of carbonyl (C=O) groups excluding carboxylic acids is 1. The van der Waals surface area contributed by atoms with Crippen LogP contribution in [0.2, 0.25) is 0 Å². The Hall–Kier alpha value is -0.110. The molecule has 0 bridgehead atoms. The highest BCUT2D eigenvalue weighted by Crippen LogP contribution is 2.59. The summed E-state index contributed by atoms with van der Waals surface area (Å²) in [5.41, 5.74) is 4.33. The van der Waals surface area contributed by atoms with Gasteiger partial charge >= 0.3 is 0 Å². The molecule has 3 aliphatic carbocycles. The summed E-state index contributed by atoms with van der Waals surface area (Å²) in [5.74, 6) is 3.43. The van der Waals surface area contributed by atoms with Crippen LogP contribution in [0.15, 0.2) is 12.1 Å². The molecule has 4 atom stereocenters. The molecular weight excluding hydrogens is 555 g/mol. The standard InChI is InChI=1S/C30H46N2O2S2.2ClH/c1-28(2)18-31-13-14-32(19-29(3,4)36-35-28)17-21-15-24-20(16-26(21)34-6)7-8-23-22(24)11-12-30(5)25(23)9-10-27(30)33;;/h15-16,22-23,25,31H,7-14,17-19H2,1-6H3;2*1H/t22-,23+,25-,30-;;/m0../s1. The van der Waals surface area contributed by atoms with Crippen LogP contribution in [-0.4, -0.2) is 53.5 Å².